The molecule has 2 aromatic carbocycles. The maximum Gasteiger partial charge on any atom is 0.175 e. The Labute approximate surface area is 116 Å². The SMILES string of the molecule is CS(=O)(=O)c1cccc([C@H](N)c2cc(F)ccc2F)c1. The van der Waals surface area contributed by atoms with E-state index in [0.717, 1.165) is 24.5 Å². The summed E-state index contributed by atoms with van der Waals surface area (Å²) in [5.74, 6) is -1.24. The molecule has 0 aliphatic carbocycles. The van der Waals surface area contributed by atoms with Crippen LogP contribution in [0.4, 0.5) is 8.78 Å². The third kappa shape index (κ3) is 3.02. The molecule has 106 valence electrons. The van der Waals surface area contributed by atoms with Crippen LogP contribution < -0.4 is 5.73 Å². The second-order valence-corrected chi connectivity index (χ2v) is 6.50. The van der Waals surface area contributed by atoms with E-state index < -0.39 is 27.5 Å². The first-order valence-electron chi connectivity index (χ1n) is 5.79. The normalized spacial score (nSPS) is 13.2. The average Bonchev–Trinajstić information content (AvgIpc) is 2.40. The lowest BCUT2D eigenvalue weighted by atomic mass is 9.99. The quantitative estimate of drug-likeness (QED) is 0.946. The van der Waals surface area contributed by atoms with Gasteiger partial charge in [-0.05, 0) is 35.9 Å². The van der Waals surface area contributed by atoms with Gasteiger partial charge >= 0.3 is 0 Å². The summed E-state index contributed by atoms with van der Waals surface area (Å²) in [6.45, 7) is 0. The molecule has 0 heterocycles. The molecular weight excluding hydrogens is 284 g/mol. The van der Waals surface area contributed by atoms with Crippen LogP contribution in [0.5, 0.6) is 0 Å². The second-order valence-electron chi connectivity index (χ2n) is 4.49. The van der Waals surface area contributed by atoms with E-state index in [2.05, 4.69) is 0 Å². The zero-order valence-corrected chi connectivity index (χ0v) is 11.5. The molecule has 0 saturated carbocycles. The van der Waals surface area contributed by atoms with Crippen LogP contribution in [-0.2, 0) is 9.84 Å². The third-order valence-electron chi connectivity index (χ3n) is 2.94. The molecule has 1 atom stereocenters. The van der Waals surface area contributed by atoms with Gasteiger partial charge in [0.1, 0.15) is 11.6 Å². The predicted octanol–water partition coefficient (Wildman–Crippen LogP) is 2.42. The maximum absolute atomic E-state index is 13.7. The number of benzene rings is 2. The van der Waals surface area contributed by atoms with E-state index in [1.807, 2.05) is 0 Å². The molecule has 3 nitrogen and oxygen atoms in total. The van der Waals surface area contributed by atoms with Gasteiger partial charge in [0.15, 0.2) is 9.84 Å². The van der Waals surface area contributed by atoms with Crippen LogP contribution in [0, 0.1) is 11.6 Å². The van der Waals surface area contributed by atoms with E-state index in [9.17, 15) is 17.2 Å². The van der Waals surface area contributed by atoms with E-state index in [1.165, 1.54) is 18.2 Å². The van der Waals surface area contributed by atoms with Crippen molar-refractivity contribution in [3.05, 3.63) is 65.2 Å². The van der Waals surface area contributed by atoms with Gasteiger partial charge in [-0.2, -0.15) is 0 Å². The van der Waals surface area contributed by atoms with E-state index in [-0.39, 0.29) is 10.5 Å². The fourth-order valence-corrected chi connectivity index (χ4v) is 2.55. The molecule has 2 rings (SSSR count). The fourth-order valence-electron chi connectivity index (χ4n) is 1.87. The molecule has 0 aromatic heterocycles. The molecule has 2 aromatic rings. The molecule has 0 saturated heterocycles. The number of hydrogen-bond donors (Lipinski definition) is 1. The van der Waals surface area contributed by atoms with Crippen LogP contribution in [0.2, 0.25) is 0 Å². The van der Waals surface area contributed by atoms with Crippen molar-refractivity contribution < 1.29 is 17.2 Å². The van der Waals surface area contributed by atoms with Crippen LogP contribution in [0.15, 0.2) is 47.4 Å². The summed E-state index contributed by atoms with van der Waals surface area (Å²) < 4.78 is 49.8. The highest BCUT2D eigenvalue weighted by molar-refractivity contribution is 7.90. The number of nitrogens with two attached hydrogens (primary N) is 1. The molecule has 0 amide bonds. The summed E-state index contributed by atoms with van der Waals surface area (Å²) in [5, 5.41) is 0. The zero-order valence-electron chi connectivity index (χ0n) is 10.7. The fraction of sp³-hybridized carbons (Fsp3) is 0.143. The lowest BCUT2D eigenvalue weighted by molar-refractivity contribution is 0.576. The van der Waals surface area contributed by atoms with Crippen molar-refractivity contribution in [1.29, 1.82) is 0 Å². The van der Waals surface area contributed by atoms with Gasteiger partial charge in [0.25, 0.3) is 0 Å². The average molecular weight is 297 g/mol. The lowest BCUT2D eigenvalue weighted by Gasteiger charge is -2.14. The molecule has 0 radical (unpaired) electrons. The Hall–Kier alpha value is -1.79. The Kier molecular flexibility index (Phi) is 3.87. The van der Waals surface area contributed by atoms with E-state index >= 15 is 0 Å². The van der Waals surface area contributed by atoms with Crippen LogP contribution in [0.1, 0.15) is 17.2 Å². The number of sulfone groups is 1. The Morgan fingerprint density at radius 1 is 1.10 bits per heavy atom. The van der Waals surface area contributed by atoms with Crippen LogP contribution in [0.25, 0.3) is 0 Å². The smallest absolute Gasteiger partial charge is 0.175 e. The van der Waals surface area contributed by atoms with Gasteiger partial charge in [-0.25, -0.2) is 17.2 Å². The standard InChI is InChI=1S/C14H13F2NO2S/c1-20(18,19)11-4-2-3-9(7-11)14(17)12-8-10(15)5-6-13(12)16/h2-8,14H,17H2,1H3/t14-/m0/s1. The first-order chi connectivity index (χ1) is 9.29. The first kappa shape index (κ1) is 14.6. The van der Waals surface area contributed by atoms with Crippen molar-refractivity contribution in [3.8, 4) is 0 Å². The summed E-state index contributed by atoms with van der Waals surface area (Å²) in [5.41, 5.74) is 6.28. The van der Waals surface area contributed by atoms with Gasteiger partial charge < -0.3 is 5.73 Å². The molecule has 0 bridgehead atoms. The summed E-state index contributed by atoms with van der Waals surface area (Å²) in [7, 11) is -3.38. The molecular formula is C14H13F2NO2S. The van der Waals surface area contributed by atoms with Crippen LogP contribution in [-0.4, -0.2) is 14.7 Å². The zero-order chi connectivity index (χ0) is 14.9. The number of halogens is 2. The Bertz CT molecular complexity index is 745. The van der Waals surface area contributed by atoms with Crippen molar-refractivity contribution in [1.82, 2.24) is 0 Å². The van der Waals surface area contributed by atoms with Crippen molar-refractivity contribution in [2.75, 3.05) is 6.26 Å². The highest BCUT2D eigenvalue weighted by Gasteiger charge is 2.16. The molecule has 0 fully saturated rings. The predicted molar refractivity (Wildman–Crippen MR) is 71.9 cm³/mol. The Morgan fingerprint density at radius 3 is 2.45 bits per heavy atom. The molecule has 0 aliphatic rings. The minimum atomic E-state index is -3.38. The molecule has 0 aliphatic heterocycles. The van der Waals surface area contributed by atoms with Gasteiger partial charge in [-0.15, -0.1) is 0 Å². The largest absolute Gasteiger partial charge is 0.320 e. The van der Waals surface area contributed by atoms with Gasteiger partial charge in [0, 0.05) is 11.8 Å². The summed E-state index contributed by atoms with van der Waals surface area (Å²) in [4.78, 5) is 0.0854. The van der Waals surface area contributed by atoms with Crippen molar-refractivity contribution >= 4 is 9.84 Å². The lowest BCUT2D eigenvalue weighted by Crippen LogP contribution is -2.14. The second kappa shape index (κ2) is 5.30. The monoisotopic (exact) mass is 297 g/mol. The molecule has 0 unspecified atom stereocenters. The highest BCUT2D eigenvalue weighted by Crippen LogP contribution is 2.24. The van der Waals surface area contributed by atoms with E-state index in [4.69, 9.17) is 5.73 Å². The Balaban J connectivity index is 2.48. The Morgan fingerprint density at radius 2 is 1.80 bits per heavy atom. The minimum absolute atomic E-state index is 0.0179. The third-order valence-corrected chi connectivity index (χ3v) is 4.05. The summed E-state index contributed by atoms with van der Waals surface area (Å²) >= 11 is 0. The highest BCUT2D eigenvalue weighted by atomic mass is 32.2. The van der Waals surface area contributed by atoms with E-state index in [0.29, 0.717) is 5.56 Å². The topological polar surface area (TPSA) is 60.2 Å². The number of rotatable bonds is 3. The van der Waals surface area contributed by atoms with E-state index in [1.54, 1.807) is 6.07 Å². The maximum atomic E-state index is 13.7. The van der Waals surface area contributed by atoms with Gasteiger partial charge in [-0.1, -0.05) is 12.1 Å². The van der Waals surface area contributed by atoms with Gasteiger partial charge in [0.2, 0.25) is 0 Å². The van der Waals surface area contributed by atoms with Crippen LogP contribution >= 0.6 is 0 Å². The molecule has 6 heteroatoms. The van der Waals surface area contributed by atoms with Gasteiger partial charge in [0.05, 0.1) is 10.9 Å². The van der Waals surface area contributed by atoms with Crippen LogP contribution in [0.3, 0.4) is 0 Å². The summed E-state index contributed by atoms with van der Waals surface area (Å²) in [6.07, 6.45) is 1.07. The molecule has 20 heavy (non-hydrogen) atoms. The van der Waals surface area contributed by atoms with Crippen molar-refractivity contribution in [2.24, 2.45) is 5.73 Å². The number of hydrogen-bond acceptors (Lipinski definition) is 3. The van der Waals surface area contributed by atoms with Crippen molar-refractivity contribution in [3.63, 3.8) is 0 Å². The summed E-state index contributed by atoms with van der Waals surface area (Å²) in [6, 6.07) is 7.94. The van der Waals surface area contributed by atoms with Gasteiger partial charge in [-0.3, -0.25) is 0 Å². The molecule has 0 spiro atoms. The minimum Gasteiger partial charge on any atom is -0.320 e. The molecule has 2 N–H and O–H groups in total. The first-order valence-corrected chi connectivity index (χ1v) is 7.69. The van der Waals surface area contributed by atoms with Crippen molar-refractivity contribution in [2.45, 2.75) is 10.9 Å².